The first-order valence-corrected chi connectivity index (χ1v) is 9.96. The van der Waals surface area contributed by atoms with Gasteiger partial charge in [-0.3, -0.25) is 4.98 Å². The Balaban J connectivity index is 1.71. The number of aliphatic hydroxyl groups is 1. The van der Waals surface area contributed by atoms with Crippen LogP contribution in [0.15, 0.2) is 54.9 Å². The van der Waals surface area contributed by atoms with Crippen LogP contribution < -0.4 is 4.90 Å². The molecule has 1 aliphatic rings. The third-order valence-electron chi connectivity index (χ3n) is 5.32. The van der Waals surface area contributed by atoms with E-state index in [0.29, 0.717) is 16.8 Å². The van der Waals surface area contributed by atoms with Gasteiger partial charge in [-0.25, -0.2) is 9.97 Å². The van der Waals surface area contributed by atoms with E-state index in [1.807, 2.05) is 49.4 Å². The average Bonchev–Trinajstić information content (AvgIpc) is 2.74. The molecule has 2 aromatic heterocycles. The van der Waals surface area contributed by atoms with Gasteiger partial charge in [0.05, 0.1) is 11.8 Å². The molecule has 3 heterocycles. The Kier molecular flexibility index (Phi) is 5.55. The van der Waals surface area contributed by atoms with E-state index in [9.17, 15) is 5.11 Å². The molecule has 6 heteroatoms. The smallest absolute Gasteiger partial charge is 0.163 e. The number of benzene rings is 1. The van der Waals surface area contributed by atoms with Crippen molar-refractivity contribution in [3.63, 3.8) is 0 Å². The van der Waals surface area contributed by atoms with Crippen molar-refractivity contribution >= 4 is 17.4 Å². The van der Waals surface area contributed by atoms with Gasteiger partial charge in [-0.1, -0.05) is 23.7 Å². The molecule has 0 saturated carbocycles. The predicted octanol–water partition coefficient (Wildman–Crippen LogP) is 4.46. The standard InChI is InChI=1S/C22H23ClN4O/c1-15(28)16-8-11-27(12-9-16)21-13-20(17-4-6-19(23)7-5-17)25-22(26-21)18-3-2-10-24-14-18/h2-7,10,13-16,28H,8-9,11-12H2,1H3. The molecule has 1 aromatic carbocycles. The summed E-state index contributed by atoms with van der Waals surface area (Å²) in [5, 5.41) is 10.6. The van der Waals surface area contributed by atoms with Crippen molar-refractivity contribution < 1.29 is 5.11 Å². The van der Waals surface area contributed by atoms with Crippen LogP contribution in [-0.4, -0.2) is 39.3 Å². The topological polar surface area (TPSA) is 62.1 Å². The van der Waals surface area contributed by atoms with E-state index >= 15 is 0 Å². The van der Waals surface area contributed by atoms with E-state index in [2.05, 4.69) is 9.88 Å². The molecule has 0 amide bonds. The lowest BCUT2D eigenvalue weighted by Gasteiger charge is -2.34. The van der Waals surface area contributed by atoms with Crippen LogP contribution in [0.25, 0.3) is 22.6 Å². The third-order valence-corrected chi connectivity index (χ3v) is 5.57. The Morgan fingerprint density at radius 1 is 1.07 bits per heavy atom. The zero-order chi connectivity index (χ0) is 19.5. The fourth-order valence-corrected chi connectivity index (χ4v) is 3.73. The minimum Gasteiger partial charge on any atom is -0.393 e. The fraction of sp³-hybridized carbons (Fsp3) is 0.318. The number of aromatic nitrogens is 3. The minimum absolute atomic E-state index is 0.261. The summed E-state index contributed by atoms with van der Waals surface area (Å²) in [4.78, 5) is 16.1. The molecule has 5 nitrogen and oxygen atoms in total. The first-order valence-electron chi connectivity index (χ1n) is 9.58. The van der Waals surface area contributed by atoms with Crippen LogP contribution >= 0.6 is 11.6 Å². The molecule has 3 aromatic rings. The van der Waals surface area contributed by atoms with Gasteiger partial charge < -0.3 is 10.0 Å². The Bertz CT molecular complexity index is 923. The highest BCUT2D eigenvalue weighted by Crippen LogP contribution is 2.29. The van der Waals surface area contributed by atoms with Crippen molar-refractivity contribution in [2.75, 3.05) is 18.0 Å². The summed E-state index contributed by atoms with van der Waals surface area (Å²) in [5.74, 6) is 1.92. The van der Waals surface area contributed by atoms with Crippen LogP contribution in [0.3, 0.4) is 0 Å². The Labute approximate surface area is 170 Å². The van der Waals surface area contributed by atoms with Crippen molar-refractivity contribution in [1.29, 1.82) is 0 Å². The molecule has 1 atom stereocenters. The quantitative estimate of drug-likeness (QED) is 0.708. The summed E-state index contributed by atoms with van der Waals surface area (Å²) in [6.45, 7) is 3.63. The van der Waals surface area contributed by atoms with Crippen LogP contribution in [0.4, 0.5) is 5.82 Å². The summed E-state index contributed by atoms with van der Waals surface area (Å²) >= 11 is 6.05. The lowest BCUT2D eigenvalue weighted by Crippen LogP contribution is -2.37. The van der Waals surface area contributed by atoms with E-state index < -0.39 is 0 Å². The second-order valence-electron chi connectivity index (χ2n) is 7.25. The largest absolute Gasteiger partial charge is 0.393 e. The Hall–Kier alpha value is -2.50. The number of nitrogens with zero attached hydrogens (tertiary/aromatic N) is 4. The molecule has 0 bridgehead atoms. The monoisotopic (exact) mass is 394 g/mol. The van der Waals surface area contributed by atoms with Gasteiger partial charge >= 0.3 is 0 Å². The SMILES string of the molecule is CC(O)C1CCN(c2cc(-c3ccc(Cl)cc3)nc(-c3cccnc3)n2)CC1. The fourth-order valence-electron chi connectivity index (χ4n) is 3.60. The third kappa shape index (κ3) is 4.16. The van der Waals surface area contributed by atoms with E-state index in [-0.39, 0.29) is 6.10 Å². The lowest BCUT2D eigenvalue weighted by atomic mass is 9.92. The minimum atomic E-state index is -0.261. The van der Waals surface area contributed by atoms with E-state index in [1.165, 1.54) is 0 Å². The second-order valence-corrected chi connectivity index (χ2v) is 7.69. The molecule has 144 valence electrons. The Morgan fingerprint density at radius 2 is 1.82 bits per heavy atom. The van der Waals surface area contributed by atoms with Crippen LogP contribution in [-0.2, 0) is 0 Å². The molecule has 1 saturated heterocycles. The van der Waals surface area contributed by atoms with Crippen LogP contribution in [0.1, 0.15) is 19.8 Å². The molecule has 0 radical (unpaired) electrons. The molecular formula is C22H23ClN4O. The zero-order valence-corrected chi connectivity index (χ0v) is 16.5. The van der Waals surface area contributed by atoms with Gasteiger partial charge in [-0.2, -0.15) is 0 Å². The van der Waals surface area contributed by atoms with Gasteiger partial charge in [-0.15, -0.1) is 0 Å². The number of anilines is 1. The van der Waals surface area contributed by atoms with Gasteiger partial charge in [0.2, 0.25) is 0 Å². The zero-order valence-electron chi connectivity index (χ0n) is 15.8. The predicted molar refractivity (Wildman–Crippen MR) is 112 cm³/mol. The summed E-state index contributed by atoms with van der Waals surface area (Å²) in [7, 11) is 0. The molecule has 28 heavy (non-hydrogen) atoms. The molecular weight excluding hydrogens is 372 g/mol. The second kappa shape index (κ2) is 8.25. The summed E-state index contributed by atoms with van der Waals surface area (Å²) < 4.78 is 0. The lowest BCUT2D eigenvalue weighted by molar-refractivity contribution is 0.110. The number of rotatable bonds is 4. The van der Waals surface area contributed by atoms with E-state index in [4.69, 9.17) is 21.6 Å². The van der Waals surface area contributed by atoms with Crippen LogP contribution in [0.5, 0.6) is 0 Å². The van der Waals surface area contributed by atoms with Crippen molar-refractivity contribution in [2.45, 2.75) is 25.9 Å². The maximum absolute atomic E-state index is 9.88. The van der Waals surface area contributed by atoms with E-state index in [1.54, 1.807) is 12.4 Å². The summed E-state index contributed by atoms with van der Waals surface area (Å²) in [5.41, 5.74) is 2.74. The van der Waals surface area contributed by atoms with Gasteiger partial charge in [0.25, 0.3) is 0 Å². The maximum Gasteiger partial charge on any atom is 0.163 e. The molecule has 0 spiro atoms. The molecule has 1 N–H and O–H groups in total. The molecule has 0 aliphatic carbocycles. The van der Waals surface area contributed by atoms with Crippen molar-refractivity contribution in [3.8, 4) is 22.6 Å². The van der Waals surface area contributed by atoms with Crippen LogP contribution in [0.2, 0.25) is 5.02 Å². The first kappa shape index (κ1) is 18.8. The summed E-state index contributed by atoms with van der Waals surface area (Å²) in [6, 6.07) is 13.6. The van der Waals surface area contributed by atoms with E-state index in [0.717, 1.165) is 48.6 Å². The van der Waals surface area contributed by atoms with Crippen molar-refractivity contribution in [2.24, 2.45) is 5.92 Å². The van der Waals surface area contributed by atoms with Crippen LogP contribution in [0, 0.1) is 5.92 Å². The highest BCUT2D eigenvalue weighted by atomic mass is 35.5. The van der Waals surface area contributed by atoms with Crippen molar-refractivity contribution in [3.05, 3.63) is 59.9 Å². The van der Waals surface area contributed by atoms with Crippen molar-refractivity contribution in [1.82, 2.24) is 15.0 Å². The molecule has 1 unspecified atom stereocenters. The normalized spacial score (nSPS) is 16.2. The highest BCUT2D eigenvalue weighted by molar-refractivity contribution is 6.30. The first-order chi connectivity index (χ1) is 13.6. The van der Waals surface area contributed by atoms with Gasteiger partial charge in [0.1, 0.15) is 5.82 Å². The number of hydrogen-bond donors (Lipinski definition) is 1. The molecule has 4 rings (SSSR count). The number of hydrogen-bond acceptors (Lipinski definition) is 5. The highest BCUT2D eigenvalue weighted by Gasteiger charge is 2.24. The number of pyridine rings is 1. The number of halogens is 1. The van der Waals surface area contributed by atoms with Gasteiger partial charge in [-0.05, 0) is 49.9 Å². The van der Waals surface area contributed by atoms with Gasteiger partial charge in [0.15, 0.2) is 5.82 Å². The Morgan fingerprint density at radius 3 is 2.46 bits per heavy atom. The summed E-state index contributed by atoms with van der Waals surface area (Å²) in [6.07, 6.45) is 5.18. The number of piperidine rings is 1. The molecule has 1 fully saturated rings. The average molecular weight is 395 g/mol. The van der Waals surface area contributed by atoms with Gasteiger partial charge in [0, 0.05) is 47.7 Å². The number of aliphatic hydroxyl groups excluding tert-OH is 1. The maximum atomic E-state index is 9.88. The molecule has 1 aliphatic heterocycles.